The summed E-state index contributed by atoms with van der Waals surface area (Å²) in [4.78, 5) is 0. The van der Waals surface area contributed by atoms with Gasteiger partial charge in [0.15, 0.2) is 0 Å². The first-order valence-electron chi connectivity index (χ1n) is 6.42. The lowest BCUT2D eigenvalue weighted by molar-refractivity contribution is 0.0558. The number of hydrogen-bond donors (Lipinski definition) is 1. The smallest absolute Gasteiger partial charge is 0.0469 e. The molecule has 0 saturated carbocycles. The van der Waals surface area contributed by atoms with Gasteiger partial charge in [-0.2, -0.15) is 0 Å². The molecule has 0 bridgehead atoms. The molecule has 0 spiro atoms. The molecule has 1 N–H and O–H groups in total. The Kier molecular flexibility index (Phi) is 5.49. The van der Waals surface area contributed by atoms with Crippen molar-refractivity contribution in [3.8, 4) is 0 Å². The van der Waals surface area contributed by atoms with E-state index in [1.165, 1.54) is 0 Å². The summed E-state index contributed by atoms with van der Waals surface area (Å²) < 4.78 is 6.41. The van der Waals surface area contributed by atoms with Crippen LogP contribution in [0.15, 0.2) is 22.7 Å². The van der Waals surface area contributed by atoms with Gasteiger partial charge in [0.1, 0.15) is 0 Å². The van der Waals surface area contributed by atoms with E-state index in [-0.39, 0.29) is 0 Å². The van der Waals surface area contributed by atoms with Gasteiger partial charge in [-0.05, 0) is 43.4 Å². The predicted octanol–water partition coefficient (Wildman–Crippen LogP) is 4.01. The number of nitrogens with one attached hydrogen (secondary N) is 1. The Morgan fingerprint density at radius 2 is 2.17 bits per heavy atom. The largest absolute Gasteiger partial charge is 0.381 e. The van der Waals surface area contributed by atoms with Gasteiger partial charge in [-0.15, -0.1) is 0 Å². The Hall–Kier alpha value is -0.0900. The first-order valence-corrected chi connectivity index (χ1v) is 7.59. The summed E-state index contributed by atoms with van der Waals surface area (Å²) in [7, 11) is 0. The lowest BCUT2D eigenvalue weighted by Gasteiger charge is -2.28. The van der Waals surface area contributed by atoms with Crippen LogP contribution in [0.3, 0.4) is 0 Å². The first kappa shape index (κ1) is 14.3. The second kappa shape index (κ2) is 6.90. The number of hydrogen-bond acceptors (Lipinski definition) is 2. The van der Waals surface area contributed by atoms with Crippen LogP contribution in [0.5, 0.6) is 0 Å². The summed E-state index contributed by atoms with van der Waals surface area (Å²) in [6.07, 6.45) is 2.31. The molecular weight excluding hydrogens is 314 g/mol. The SMILES string of the molecule is CC(NCc1ccc(Br)cc1Cl)C1CCOCC1. The first-order chi connectivity index (χ1) is 8.66. The van der Waals surface area contributed by atoms with Crippen LogP contribution in [-0.2, 0) is 11.3 Å². The van der Waals surface area contributed by atoms with Crippen LogP contribution in [0.1, 0.15) is 25.3 Å². The zero-order chi connectivity index (χ0) is 13.0. The van der Waals surface area contributed by atoms with Crippen molar-refractivity contribution in [2.45, 2.75) is 32.4 Å². The standard InChI is InChI=1S/C14H19BrClNO/c1-10(11-4-6-18-7-5-11)17-9-12-2-3-13(15)8-14(12)16/h2-3,8,10-11,17H,4-7,9H2,1H3. The van der Waals surface area contributed by atoms with Crippen LogP contribution >= 0.6 is 27.5 Å². The highest BCUT2D eigenvalue weighted by Gasteiger charge is 2.20. The molecule has 1 aliphatic rings. The van der Waals surface area contributed by atoms with Crippen LogP contribution in [-0.4, -0.2) is 19.3 Å². The van der Waals surface area contributed by atoms with Crippen molar-refractivity contribution < 1.29 is 4.74 Å². The molecule has 1 saturated heterocycles. The quantitative estimate of drug-likeness (QED) is 0.899. The van der Waals surface area contributed by atoms with Crippen molar-refractivity contribution in [1.29, 1.82) is 0 Å². The van der Waals surface area contributed by atoms with Crippen LogP contribution in [0, 0.1) is 5.92 Å². The summed E-state index contributed by atoms with van der Waals surface area (Å²) >= 11 is 9.63. The lowest BCUT2D eigenvalue weighted by atomic mass is 9.93. The molecule has 0 amide bonds. The molecule has 1 aliphatic heterocycles. The van der Waals surface area contributed by atoms with Gasteiger partial charge in [-0.3, -0.25) is 0 Å². The van der Waals surface area contributed by atoms with Crippen LogP contribution in [0.25, 0.3) is 0 Å². The molecule has 0 radical (unpaired) electrons. The van der Waals surface area contributed by atoms with Crippen molar-refractivity contribution in [2.75, 3.05) is 13.2 Å². The molecule has 2 rings (SSSR count). The van der Waals surface area contributed by atoms with Gasteiger partial charge in [0, 0.05) is 35.3 Å². The third-order valence-corrected chi connectivity index (χ3v) is 4.45. The van der Waals surface area contributed by atoms with Crippen LogP contribution in [0.4, 0.5) is 0 Å². The number of ether oxygens (including phenoxy) is 1. The maximum absolute atomic E-state index is 6.21. The van der Waals surface area contributed by atoms with Gasteiger partial charge >= 0.3 is 0 Å². The number of halogens is 2. The molecule has 0 aliphatic carbocycles. The average Bonchev–Trinajstić information content (AvgIpc) is 2.38. The summed E-state index contributed by atoms with van der Waals surface area (Å²) in [5, 5.41) is 4.39. The number of rotatable bonds is 4. The summed E-state index contributed by atoms with van der Waals surface area (Å²) in [6, 6.07) is 6.55. The molecule has 1 aromatic rings. The average molecular weight is 333 g/mol. The van der Waals surface area contributed by atoms with Crippen molar-refractivity contribution >= 4 is 27.5 Å². The van der Waals surface area contributed by atoms with E-state index in [1.54, 1.807) is 0 Å². The zero-order valence-corrected chi connectivity index (χ0v) is 12.9. The minimum Gasteiger partial charge on any atom is -0.381 e. The van der Waals surface area contributed by atoms with E-state index in [2.05, 4.69) is 34.2 Å². The second-order valence-corrected chi connectivity index (χ2v) is 6.18. The number of benzene rings is 1. The summed E-state index contributed by atoms with van der Waals surface area (Å²) in [5.41, 5.74) is 1.15. The van der Waals surface area contributed by atoms with E-state index in [0.717, 1.165) is 47.7 Å². The molecule has 1 unspecified atom stereocenters. The van der Waals surface area contributed by atoms with Gasteiger partial charge in [-0.1, -0.05) is 33.6 Å². The molecule has 4 heteroatoms. The van der Waals surface area contributed by atoms with E-state index in [4.69, 9.17) is 16.3 Å². The van der Waals surface area contributed by atoms with Crippen molar-refractivity contribution in [3.05, 3.63) is 33.3 Å². The maximum Gasteiger partial charge on any atom is 0.0469 e. The van der Waals surface area contributed by atoms with Crippen molar-refractivity contribution in [1.82, 2.24) is 5.32 Å². The topological polar surface area (TPSA) is 21.3 Å². The summed E-state index contributed by atoms with van der Waals surface area (Å²) in [5.74, 6) is 0.716. The molecule has 1 aromatic carbocycles. The van der Waals surface area contributed by atoms with Gasteiger partial charge in [0.05, 0.1) is 0 Å². The third-order valence-electron chi connectivity index (χ3n) is 3.60. The highest BCUT2D eigenvalue weighted by molar-refractivity contribution is 9.10. The predicted molar refractivity (Wildman–Crippen MR) is 79.0 cm³/mol. The summed E-state index contributed by atoms with van der Waals surface area (Å²) in [6.45, 7) is 4.87. The highest BCUT2D eigenvalue weighted by atomic mass is 79.9. The van der Waals surface area contributed by atoms with E-state index in [9.17, 15) is 0 Å². The van der Waals surface area contributed by atoms with Gasteiger partial charge in [-0.25, -0.2) is 0 Å². The molecule has 2 nitrogen and oxygen atoms in total. The molecule has 100 valence electrons. The minimum absolute atomic E-state index is 0.508. The Morgan fingerprint density at radius 1 is 1.44 bits per heavy atom. The molecule has 1 atom stereocenters. The fourth-order valence-electron chi connectivity index (χ4n) is 2.32. The van der Waals surface area contributed by atoms with Crippen molar-refractivity contribution in [2.24, 2.45) is 5.92 Å². The normalized spacial score (nSPS) is 18.8. The monoisotopic (exact) mass is 331 g/mol. The van der Waals surface area contributed by atoms with Gasteiger partial charge in [0.2, 0.25) is 0 Å². The highest BCUT2D eigenvalue weighted by Crippen LogP contribution is 2.23. The molecule has 1 fully saturated rings. The Labute approximate surface area is 122 Å². The zero-order valence-electron chi connectivity index (χ0n) is 10.6. The fraction of sp³-hybridized carbons (Fsp3) is 0.571. The van der Waals surface area contributed by atoms with Crippen LogP contribution < -0.4 is 5.32 Å². The van der Waals surface area contributed by atoms with Gasteiger partial charge < -0.3 is 10.1 Å². The van der Waals surface area contributed by atoms with E-state index >= 15 is 0 Å². The molecule has 1 heterocycles. The Morgan fingerprint density at radius 3 is 2.83 bits per heavy atom. The Balaban J connectivity index is 1.86. The van der Waals surface area contributed by atoms with Gasteiger partial charge in [0.25, 0.3) is 0 Å². The second-order valence-electron chi connectivity index (χ2n) is 4.86. The molecule has 18 heavy (non-hydrogen) atoms. The van der Waals surface area contributed by atoms with E-state index < -0.39 is 0 Å². The third kappa shape index (κ3) is 3.95. The minimum atomic E-state index is 0.508. The Bertz CT molecular complexity index is 393. The van der Waals surface area contributed by atoms with E-state index in [0.29, 0.717) is 12.0 Å². The van der Waals surface area contributed by atoms with E-state index in [1.807, 2.05) is 12.1 Å². The molecular formula is C14H19BrClNO. The fourth-order valence-corrected chi connectivity index (χ4v) is 3.06. The lowest BCUT2D eigenvalue weighted by Crippen LogP contribution is -2.36. The van der Waals surface area contributed by atoms with Crippen molar-refractivity contribution in [3.63, 3.8) is 0 Å². The maximum atomic E-state index is 6.21. The molecule has 0 aromatic heterocycles. The van der Waals surface area contributed by atoms with Crippen LogP contribution in [0.2, 0.25) is 5.02 Å².